The maximum absolute atomic E-state index is 2.51. The summed E-state index contributed by atoms with van der Waals surface area (Å²) < 4.78 is 0.919. The van der Waals surface area contributed by atoms with Crippen molar-refractivity contribution in [3.63, 3.8) is 0 Å². The van der Waals surface area contributed by atoms with E-state index in [1.54, 1.807) is 0 Å². The second kappa shape index (κ2) is 12.4. The molecule has 0 fully saturated rings. The lowest BCUT2D eigenvalue weighted by molar-refractivity contribution is 0.741. The van der Waals surface area contributed by atoms with Crippen LogP contribution in [-0.4, -0.2) is 3.92 Å². The van der Waals surface area contributed by atoms with Gasteiger partial charge >= 0.3 is 0 Å². The minimum Gasteiger partial charge on any atom is -0.0826 e. The molecule has 1 heteroatoms. The van der Waals surface area contributed by atoms with Crippen LogP contribution in [0.4, 0.5) is 0 Å². The van der Waals surface area contributed by atoms with Gasteiger partial charge in [-0.25, -0.2) is 0 Å². The molecule has 0 bridgehead atoms. The van der Waals surface area contributed by atoms with Gasteiger partial charge in [0.1, 0.15) is 0 Å². The van der Waals surface area contributed by atoms with Gasteiger partial charge in [-0.15, -0.1) is 0 Å². The Morgan fingerprint density at radius 1 is 1.10 bits per heavy atom. The van der Waals surface area contributed by atoms with Gasteiger partial charge in [0.15, 0.2) is 0 Å². The third-order valence-corrected chi connectivity index (χ3v) is 2.55. The molecular formula is C9H21I. The topological polar surface area (TPSA) is 0 Å². The summed E-state index contributed by atoms with van der Waals surface area (Å²) in [6.45, 7) is 8.73. The molecule has 1 unspecified atom stereocenters. The van der Waals surface area contributed by atoms with Crippen molar-refractivity contribution in [2.24, 2.45) is 0 Å². The maximum atomic E-state index is 2.51. The van der Waals surface area contributed by atoms with Crippen LogP contribution < -0.4 is 0 Å². The summed E-state index contributed by atoms with van der Waals surface area (Å²) in [7, 11) is 0. The van der Waals surface area contributed by atoms with E-state index in [2.05, 4.69) is 50.3 Å². The molecular weight excluding hydrogens is 235 g/mol. The van der Waals surface area contributed by atoms with E-state index in [9.17, 15) is 0 Å². The molecule has 0 aliphatic heterocycles. The third kappa shape index (κ3) is 15.9. The molecule has 0 aromatic rings. The largest absolute Gasteiger partial charge is 0.0826 e. The number of rotatable bonds is 3. The number of halogens is 1. The molecule has 10 heavy (non-hydrogen) atoms. The summed E-state index contributed by atoms with van der Waals surface area (Å²) in [5.41, 5.74) is 0. The summed E-state index contributed by atoms with van der Waals surface area (Å²) in [5, 5.41) is 0. The van der Waals surface area contributed by atoms with Crippen LogP contribution in [0.3, 0.4) is 0 Å². The van der Waals surface area contributed by atoms with Crippen molar-refractivity contribution in [3.8, 4) is 0 Å². The molecule has 0 amide bonds. The average molecular weight is 256 g/mol. The normalized spacial score (nSPS) is 11.7. The molecule has 0 saturated heterocycles. The predicted octanol–water partition coefficient (Wildman–Crippen LogP) is 4.42. The Morgan fingerprint density at radius 2 is 1.50 bits per heavy atom. The first-order valence-electron chi connectivity index (χ1n) is 4.36. The Kier molecular flexibility index (Phi) is 16.5. The first kappa shape index (κ1) is 13.3. The lowest BCUT2D eigenvalue weighted by atomic mass is 10.2. The van der Waals surface area contributed by atoms with Gasteiger partial charge in [0.2, 0.25) is 0 Å². The van der Waals surface area contributed by atoms with Crippen LogP contribution in [0.2, 0.25) is 0 Å². The van der Waals surface area contributed by atoms with Crippen LogP contribution in [-0.2, 0) is 0 Å². The van der Waals surface area contributed by atoms with Crippen LogP contribution in [0.15, 0.2) is 0 Å². The molecule has 0 radical (unpaired) electrons. The quantitative estimate of drug-likeness (QED) is 0.518. The summed E-state index contributed by atoms with van der Waals surface area (Å²) in [6, 6.07) is 0. The van der Waals surface area contributed by atoms with Crippen molar-refractivity contribution in [1.82, 2.24) is 0 Å². The zero-order valence-corrected chi connectivity index (χ0v) is 9.94. The van der Waals surface area contributed by atoms with Crippen LogP contribution in [0, 0.1) is 0 Å². The summed E-state index contributed by atoms with van der Waals surface area (Å²) >= 11 is 2.51. The molecule has 1 atom stereocenters. The first-order valence-corrected chi connectivity index (χ1v) is 5.61. The fraction of sp³-hybridized carbons (Fsp3) is 1.00. The first-order chi connectivity index (χ1) is 4.72. The molecule has 0 heterocycles. The number of hydrogen-bond donors (Lipinski definition) is 0. The van der Waals surface area contributed by atoms with E-state index in [0.29, 0.717) is 0 Å². The molecule has 0 aromatic heterocycles. The van der Waals surface area contributed by atoms with Crippen molar-refractivity contribution in [2.75, 3.05) is 0 Å². The van der Waals surface area contributed by atoms with Gasteiger partial charge in [-0.2, -0.15) is 0 Å². The lowest BCUT2D eigenvalue weighted by Gasteiger charge is -2.00. The highest BCUT2D eigenvalue weighted by Crippen LogP contribution is 2.10. The van der Waals surface area contributed by atoms with Crippen molar-refractivity contribution in [3.05, 3.63) is 0 Å². The third-order valence-electron chi connectivity index (χ3n) is 1.04. The van der Waals surface area contributed by atoms with Gasteiger partial charge in [0, 0.05) is 3.92 Å². The average Bonchev–Trinajstić information content (AvgIpc) is 1.90. The summed E-state index contributed by atoms with van der Waals surface area (Å²) in [5.74, 6) is 0. The fourth-order valence-corrected chi connectivity index (χ4v) is 1.14. The maximum Gasteiger partial charge on any atom is 0.0107 e. The number of hydrogen-bond acceptors (Lipinski definition) is 0. The molecule has 0 aromatic carbocycles. The van der Waals surface area contributed by atoms with Crippen molar-refractivity contribution in [1.29, 1.82) is 0 Å². The van der Waals surface area contributed by atoms with E-state index in [1.807, 2.05) is 0 Å². The number of alkyl halides is 1. The molecule has 0 aliphatic rings. The van der Waals surface area contributed by atoms with Gasteiger partial charge in [0.25, 0.3) is 0 Å². The molecule has 0 rings (SSSR count). The second-order valence-corrected chi connectivity index (χ2v) is 4.26. The van der Waals surface area contributed by atoms with Gasteiger partial charge in [-0.3, -0.25) is 0 Å². The minimum absolute atomic E-state index is 0.919. The Morgan fingerprint density at radius 3 is 1.60 bits per heavy atom. The van der Waals surface area contributed by atoms with Crippen molar-refractivity contribution in [2.45, 2.75) is 57.3 Å². The highest BCUT2D eigenvalue weighted by Gasteiger charge is 1.94. The van der Waals surface area contributed by atoms with Gasteiger partial charge in [-0.1, -0.05) is 63.1 Å². The smallest absolute Gasteiger partial charge is 0.0107 e. The molecule has 0 nitrogen and oxygen atoms in total. The molecule has 0 spiro atoms. The Balaban J connectivity index is 0. The van der Waals surface area contributed by atoms with E-state index in [-0.39, 0.29) is 0 Å². The standard InChI is InChI=1S/C6H13I.C3H8/c1-3-5-6(7)4-2;1-3-2/h6H,3-5H2,1-2H3;3H2,1-2H3. The van der Waals surface area contributed by atoms with Gasteiger partial charge < -0.3 is 0 Å². The van der Waals surface area contributed by atoms with Crippen LogP contribution in [0.5, 0.6) is 0 Å². The lowest BCUT2D eigenvalue weighted by Crippen LogP contribution is -1.91. The predicted molar refractivity (Wildman–Crippen MR) is 59.0 cm³/mol. The molecule has 64 valence electrons. The van der Waals surface area contributed by atoms with E-state index in [1.165, 1.54) is 25.7 Å². The van der Waals surface area contributed by atoms with E-state index in [0.717, 1.165) is 3.92 Å². The second-order valence-electron chi connectivity index (χ2n) is 2.50. The van der Waals surface area contributed by atoms with Crippen LogP contribution >= 0.6 is 22.6 Å². The highest BCUT2D eigenvalue weighted by atomic mass is 127. The minimum atomic E-state index is 0.919. The summed E-state index contributed by atoms with van der Waals surface area (Å²) in [4.78, 5) is 0. The Hall–Kier alpha value is 0.730. The fourth-order valence-electron chi connectivity index (χ4n) is 0.517. The van der Waals surface area contributed by atoms with Crippen LogP contribution in [0.25, 0.3) is 0 Å². The van der Waals surface area contributed by atoms with E-state index >= 15 is 0 Å². The molecule has 0 saturated carbocycles. The van der Waals surface area contributed by atoms with E-state index in [4.69, 9.17) is 0 Å². The van der Waals surface area contributed by atoms with Gasteiger partial charge in [0.05, 0.1) is 0 Å². The van der Waals surface area contributed by atoms with Crippen molar-refractivity contribution < 1.29 is 0 Å². The SMILES string of the molecule is CCC.CCCC(I)CC. The zero-order valence-electron chi connectivity index (χ0n) is 7.78. The summed E-state index contributed by atoms with van der Waals surface area (Å²) in [6.07, 6.45) is 5.30. The van der Waals surface area contributed by atoms with Crippen LogP contribution in [0.1, 0.15) is 53.4 Å². The Labute approximate surface area is 79.9 Å². The zero-order chi connectivity index (χ0) is 8.41. The monoisotopic (exact) mass is 256 g/mol. The van der Waals surface area contributed by atoms with Gasteiger partial charge in [-0.05, 0) is 12.8 Å². The highest BCUT2D eigenvalue weighted by molar-refractivity contribution is 14.1. The van der Waals surface area contributed by atoms with Crippen molar-refractivity contribution >= 4 is 22.6 Å². The van der Waals surface area contributed by atoms with E-state index < -0.39 is 0 Å². The molecule has 0 N–H and O–H groups in total. The molecule has 0 aliphatic carbocycles. The Bertz CT molecular complexity index is 44.0.